The molecule has 1 aromatic carbocycles. The van der Waals surface area contributed by atoms with Gasteiger partial charge in [-0.15, -0.1) is 11.8 Å². The molecule has 26 heavy (non-hydrogen) atoms. The van der Waals surface area contributed by atoms with Crippen LogP contribution in [0.2, 0.25) is 0 Å². The number of hydrogen-bond donors (Lipinski definition) is 1. The van der Waals surface area contributed by atoms with Crippen LogP contribution in [0, 0.1) is 0 Å². The average Bonchev–Trinajstić information content (AvgIpc) is 2.59. The van der Waals surface area contributed by atoms with Crippen molar-refractivity contribution in [3.8, 4) is 0 Å². The van der Waals surface area contributed by atoms with Crippen molar-refractivity contribution in [2.24, 2.45) is 0 Å². The van der Waals surface area contributed by atoms with E-state index in [9.17, 15) is 22.8 Å². The van der Waals surface area contributed by atoms with Gasteiger partial charge >= 0.3 is 11.9 Å². The van der Waals surface area contributed by atoms with E-state index < -0.39 is 23.0 Å². The number of pyridine rings is 1. The molecule has 9 heteroatoms. The number of thioether (sulfide) groups is 1. The first kappa shape index (κ1) is 18.2. The van der Waals surface area contributed by atoms with Crippen molar-refractivity contribution in [2.75, 3.05) is 5.75 Å². The van der Waals surface area contributed by atoms with Crippen molar-refractivity contribution < 1.29 is 13.2 Å². The summed E-state index contributed by atoms with van der Waals surface area (Å²) in [5.74, 6) is 0.774. The minimum Gasteiger partial charge on any atom is -0.307 e. The first-order valence-corrected chi connectivity index (χ1v) is 8.69. The first-order chi connectivity index (χ1) is 12.3. The molecule has 0 unspecified atom stereocenters. The predicted octanol–water partition coefficient (Wildman–Crippen LogP) is 3.26. The molecule has 2 heterocycles. The number of nitrogens with one attached hydrogen (secondary N) is 1. The lowest BCUT2D eigenvalue weighted by Crippen LogP contribution is -2.35. The highest BCUT2D eigenvalue weighted by Gasteiger charge is 2.30. The third-order valence-electron chi connectivity index (χ3n) is 3.81. The van der Waals surface area contributed by atoms with Gasteiger partial charge in [-0.25, -0.2) is 4.79 Å². The minimum absolute atomic E-state index is 0.0504. The summed E-state index contributed by atoms with van der Waals surface area (Å²) in [6, 6.07) is 4.37. The molecule has 0 aliphatic rings. The molecule has 0 aliphatic heterocycles. The normalized spacial score (nSPS) is 11.8. The second-order valence-corrected chi connectivity index (χ2v) is 6.80. The van der Waals surface area contributed by atoms with Crippen LogP contribution in [-0.2, 0) is 12.7 Å². The molecule has 136 valence electrons. The summed E-state index contributed by atoms with van der Waals surface area (Å²) in [6.45, 7) is 1.90. The van der Waals surface area contributed by atoms with Crippen LogP contribution in [0.25, 0.3) is 10.9 Å². The monoisotopic (exact) mass is 381 g/mol. The zero-order valence-electron chi connectivity index (χ0n) is 13.6. The van der Waals surface area contributed by atoms with E-state index in [1.165, 1.54) is 18.0 Å². The van der Waals surface area contributed by atoms with Gasteiger partial charge in [0.1, 0.15) is 0 Å². The van der Waals surface area contributed by atoms with Gasteiger partial charge in [-0.3, -0.25) is 14.3 Å². The zero-order valence-corrected chi connectivity index (χ0v) is 14.4. The molecule has 1 N–H and O–H groups in total. The molecule has 3 aromatic rings. The summed E-state index contributed by atoms with van der Waals surface area (Å²) in [4.78, 5) is 32.2. The van der Waals surface area contributed by atoms with Crippen LogP contribution >= 0.6 is 11.8 Å². The highest BCUT2D eigenvalue weighted by Crippen LogP contribution is 2.30. The Hall–Kier alpha value is -2.55. The molecule has 0 atom stereocenters. The number of H-pyrrole nitrogens is 1. The summed E-state index contributed by atoms with van der Waals surface area (Å²) < 4.78 is 39.7. The summed E-state index contributed by atoms with van der Waals surface area (Å²) in [6.07, 6.45) is -1.40. The van der Waals surface area contributed by atoms with Crippen LogP contribution in [0.4, 0.5) is 13.2 Å². The minimum atomic E-state index is -4.57. The lowest BCUT2D eigenvalue weighted by atomic mass is 10.1. The fraction of sp³-hybridized carbons (Fsp3) is 0.235. The van der Waals surface area contributed by atoms with Crippen molar-refractivity contribution in [1.82, 2.24) is 14.5 Å². The molecule has 0 radical (unpaired) electrons. The molecule has 0 spiro atoms. The van der Waals surface area contributed by atoms with Crippen molar-refractivity contribution in [1.29, 1.82) is 0 Å². The maximum absolute atomic E-state index is 12.9. The molecular weight excluding hydrogens is 367 g/mol. The number of nitrogens with zero attached hydrogens (tertiary/aromatic N) is 2. The number of rotatable bonds is 4. The van der Waals surface area contributed by atoms with E-state index in [1.807, 2.05) is 6.92 Å². The highest BCUT2D eigenvalue weighted by atomic mass is 32.2. The number of aromatic nitrogens is 3. The SMILES string of the molecule is CCSc1cnccc1Cn1c(=O)[nH]c2ccc(C(F)(F)F)cc2c1=O. The van der Waals surface area contributed by atoms with Crippen molar-refractivity contribution in [2.45, 2.75) is 24.5 Å². The van der Waals surface area contributed by atoms with Gasteiger partial charge in [-0.2, -0.15) is 13.2 Å². The predicted molar refractivity (Wildman–Crippen MR) is 93.6 cm³/mol. The summed E-state index contributed by atoms with van der Waals surface area (Å²) in [7, 11) is 0. The smallest absolute Gasteiger partial charge is 0.307 e. The number of fused-ring (bicyclic) bond motifs is 1. The Balaban J connectivity index is 2.15. The zero-order chi connectivity index (χ0) is 18.9. The van der Waals surface area contributed by atoms with Gasteiger partial charge in [0.2, 0.25) is 0 Å². The van der Waals surface area contributed by atoms with Gasteiger partial charge in [-0.1, -0.05) is 6.92 Å². The van der Waals surface area contributed by atoms with E-state index in [4.69, 9.17) is 0 Å². The first-order valence-electron chi connectivity index (χ1n) is 7.71. The topological polar surface area (TPSA) is 67.8 Å². The number of aromatic amines is 1. The standard InChI is InChI=1S/C17H14F3N3O2S/c1-2-26-14-8-21-6-5-10(14)9-23-15(24)12-7-11(17(18,19)20)3-4-13(12)22-16(23)25/h3-8H,2,9H2,1H3,(H,22,25). The van der Waals surface area contributed by atoms with Crippen LogP contribution < -0.4 is 11.2 Å². The Kier molecular flexibility index (Phi) is 4.90. The van der Waals surface area contributed by atoms with E-state index in [0.717, 1.165) is 33.4 Å². The molecule has 3 rings (SSSR count). The van der Waals surface area contributed by atoms with E-state index in [1.54, 1.807) is 12.3 Å². The van der Waals surface area contributed by atoms with Crippen molar-refractivity contribution in [3.63, 3.8) is 0 Å². The van der Waals surface area contributed by atoms with Gasteiger partial charge in [0.15, 0.2) is 0 Å². The Morgan fingerprint density at radius 1 is 1.23 bits per heavy atom. The Labute approximate surface area is 149 Å². The number of alkyl halides is 3. The molecular formula is C17H14F3N3O2S. The number of hydrogen-bond acceptors (Lipinski definition) is 4. The Morgan fingerprint density at radius 3 is 2.69 bits per heavy atom. The van der Waals surface area contributed by atoms with Crippen LogP contribution in [0.3, 0.4) is 0 Å². The van der Waals surface area contributed by atoms with Crippen LogP contribution in [0.5, 0.6) is 0 Å². The molecule has 0 fully saturated rings. The summed E-state index contributed by atoms with van der Waals surface area (Å²) in [5, 5.41) is -0.182. The van der Waals surface area contributed by atoms with Gasteiger partial charge < -0.3 is 4.98 Å². The largest absolute Gasteiger partial charge is 0.416 e. The molecule has 5 nitrogen and oxygen atoms in total. The lowest BCUT2D eigenvalue weighted by Gasteiger charge is -2.11. The summed E-state index contributed by atoms with van der Waals surface area (Å²) >= 11 is 1.50. The fourth-order valence-corrected chi connectivity index (χ4v) is 3.33. The van der Waals surface area contributed by atoms with E-state index >= 15 is 0 Å². The molecule has 0 aliphatic carbocycles. The molecule has 0 amide bonds. The Bertz CT molecular complexity index is 1070. The van der Waals surface area contributed by atoms with E-state index in [0.29, 0.717) is 5.56 Å². The number of halogens is 3. The number of benzene rings is 1. The maximum atomic E-state index is 12.9. The highest BCUT2D eigenvalue weighted by molar-refractivity contribution is 7.99. The van der Waals surface area contributed by atoms with Crippen LogP contribution in [0.1, 0.15) is 18.1 Å². The maximum Gasteiger partial charge on any atom is 0.416 e. The van der Waals surface area contributed by atoms with E-state index in [2.05, 4.69) is 9.97 Å². The van der Waals surface area contributed by atoms with Gasteiger partial charge in [0, 0.05) is 17.3 Å². The second kappa shape index (κ2) is 6.99. The van der Waals surface area contributed by atoms with Crippen molar-refractivity contribution >= 4 is 22.7 Å². The molecule has 0 saturated carbocycles. The van der Waals surface area contributed by atoms with Gasteiger partial charge in [0.05, 0.1) is 23.0 Å². The average molecular weight is 381 g/mol. The lowest BCUT2D eigenvalue weighted by molar-refractivity contribution is -0.137. The van der Waals surface area contributed by atoms with Gasteiger partial charge in [-0.05, 0) is 35.6 Å². The van der Waals surface area contributed by atoms with Crippen LogP contribution in [0.15, 0.2) is 51.1 Å². The fourth-order valence-electron chi connectivity index (χ4n) is 2.57. The third-order valence-corrected chi connectivity index (χ3v) is 4.77. The second-order valence-electron chi connectivity index (χ2n) is 5.50. The van der Waals surface area contributed by atoms with Crippen molar-refractivity contribution in [3.05, 3.63) is 68.6 Å². The van der Waals surface area contributed by atoms with Crippen LogP contribution in [-0.4, -0.2) is 20.3 Å². The molecule has 0 bridgehead atoms. The molecule has 0 saturated heterocycles. The summed E-state index contributed by atoms with van der Waals surface area (Å²) in [5.41, 5.74) is -1.61. The quantitative estimate of drug-likeness (QED) is 0.705. The third kappa shape index (κ3) is 3.52. The van der Waals surface area contributed by atoms with Gasteiger partial charge in [0.25, 0.3) is 5.56 Å². The van der Waals surface area contributed by atoms with E-state index in [-0.39, 0.29) is 17.4 Å². The Morgan fingerprint density at radius 2 is 2.00 bits per heavy atom. The molecule has 2 aromatic heterocycles.